The zero-order valence-corrected chi connectivity index (χ0v) is 2.31. The van der Waals surface area contributed by atoms with Crippen molar-refractivity contribution in [3.63, 3.8) is 0 Å². The Kier molecular flexibility index (Phi) is 2.03. The summed E-state index contributed by atoms with van der Waals surface area (Å²) in [5, 5.41) is 0. The van der Waals surface area contributed by atoms with E-state index >= 15 is 0 Å². The zero-order chi connectivity index (χ0) is 4.28. The van der Waals surface area contributed by atoms with E-state index in [9.17, 15) is 0 Å². The van der Waals surface area contributed by atoms with Gasteiger partial charge in [-0.25, -0.2) is 0 Å². The van der Waals surface area contributed by atoms with Crippen LogP contribution in [0.5, 0.6) is 0 Å². The fraction of sp³-hybridized carbons (Fsp3) is 0. The summed E-state index contributed by atoms with van der Waals surface area (Å²) in [4.78, 5) is 0. The molecule has 13 valence electrons. The standard InChI is InChI=1S/B4H/c1-3-4-2/h3H/i3T. The Morgan fingerprint density at radius 3 is 2.50 bits per heavy atom. The minimum atomic E-state index is -0.713. The van der Waals surface area contributed by atoms with Gasteiger partial charge in [-0.05, 0) is 1.34 Å². The molecule has 4 heteroatoms. The van der Waals surface area contributed by atoms with Gasteiger partial charge in [0.05, 0.1) is 0 Å². The Morgan fingerprint density at radius 1 is 2.25 bits per heavy atom. The molecule has 0 aromatic rings. The highest BCUT2D eigenvalue weighted by atomic mass is 12.4. The maximum Gasteiger partial charge on any atom is 0.0273 e. The molecule has 5 radical (unpaired) electrons. The Labute approximate surface area is 32.0 Å². The number of hydrogen-bond acceptors (Lipinski definition) is 0. The minimum Gasteiger partial charge on any atom is -0.0388 e. The minimum absolute atomic E-state index is 0.713. The highest BCUT2D eigenvalue weighted by Gasteiger charge is 1.63. The van der Waals surface area contributed by atoms with Crippen molar-refractivity contribution in [2.24, 2.45) is 0 Å². The molecule has 0 aromatic carbocycles. The van der Waals surface area contributed by atoms with Crippen LogP contribution in [0, 0.1) is 0 Å². The normalized spacial score (nSPS) is 8.50. The van der Waals surface area contributed by atoms with Crippen molar-refractivity contribution < 1.29 is 0 Å². The predicted octanol–water partition coefficient (Wildman–Crippen LogP) is -1.79. The van der Waals surface area contributed by atoms with Gasteiger partial charge in [-0.1, -0.05) is 0 Å². The lowest BCUT2D eigenvalue weighted by Crippen LogP contribution is -2.00. The SMILES string of the molecule is [3H]B([B])[B][B]. The molecule has 0 aliphatic carbocycles. The lowest BCUT2D eigenvalue weighted by Gasteiger charge is -1.60. The molecular formula is HB4. The molecule has 0 saturated heterocycles. The van der Waals surface area contributed by atoms with Crippen molar-refractivity contribution in [1.82, 2.24) is 0 Å². The summed E-state index contributed by atoms with van der Waals surface area (Å²) in [5.41, 5.74) is 0. The number of rotatable bonds is 1. The van der Waals surface area contributed by atoms with E-state index in [1.807, 2.05) is 0 Å². The first-order chi connectivity index (χ1) is 2.27. The number of hydrogen-bond donors (Lipinski definition) is 0. The van der Waals surface area contributed by atoms with E-state index in [0.29, 0.717) is 0 Å². The second kappa shape index (κ2) is 3.26. The van der Waals surface area contributed by atoms with Gasteiger partial charge in [0, 0.05) is 29.6 Å². The summed E-state index contributed by atoms with van der Waals surface area (Å²) in [5.74, 6) is 0. The molecule has 0 rings (SSSR count). The Balaban J connectivity index is 2.54. The van der Waals surface area contributed by atoms with Crippen LogP contribution in [0.25, 0.3) is 0 Å². The van der Waals surface area contributed by atoms with E-state index in [2.05, 4.69) is 0 Å². The van der Waals surface area contributed by atoms with Crippen molar-refractivity contribution in [2.75, 3.05) is 0 Å². The molecular weight excluding hydrogens is 43.2 g/mol. The molecule has 0 nitrogen and oxygen atoms in total. The van der Waals surface area contributed by atoms with Crippen LogP contribution in [0.15, 0.2) is 0 Å². The van der Waals surface area contributed by atoms with Gasteiger partial charge in [0.2, 0.25) is 0 Å². The third kappa shape index (κ3) is 2.26. The van der Waals surface area contributed by atoms with Gasteiger partial charge in [-0.15, -0.1) is 0 Å². The van der Waals surface area contributed by atoms with E-state index in [-0.39, 0.29) is 0 Å². The monoisotopic (exact) mass is 47.1 g/mol. The largest absolute Gasteiger partial charge is 0.0388 e. The van der Waals surface area contributed by atoms with Crippen LogP contribution < -0.4 is 0 Å². The van der Waals surface area contributed by atoms with Gasteiger partial charge in [0.1, 0.15) is 0 Å². The van der Waals surface area contributed by atoms with Crippen LogP contribution in [0.3, 0.4) is 0 Å². The van der Waals surface area contributed by atoms with Crippen molar-refractivity contribution in [1.29, 1.82) is 1.34 Å². The topological polar surface area (TPSA) is 0 Å². The van der Waals surface area contributed by atoms with Gasteiger partial charge >= 0.3 is 0 Å². The van der Waals surface area contributed by atoms with Crippen LogP contribution in [-0.4, -0.2) is 30.9 Å². The van der Waals surface area contributed by atoms with Gasteiger partial charge in [-0.3, -0.25) is 0 Å². The molecule has 0 fully saturated rings. The van der Waals surface area contributed by atoms with Crippen LogP contribution in [-0.2, 0) is 0 Å². The van der Waals surface area contributed by atoms with Gasteiger partial charge in [0.15, 0.2) is 0 Å². The third-order valence-electron chi connectivity index (χ3n) is 0.111. The molecule has 0 unspecified atom stereocenters. The van der Waals surface area contributed by atoms with Crippen LogP contribution in [0.1, 0.15) is 0 Å². The smallest absolute Gasteiger partial charge is 0.0273 e. The molecule has 0 aromatic heterocycles. The molecule has 0 N–H and O–H groups in total. The lowest BCUT2D eigenvalue weighted by molar-refractivity contribution is 4.14. The third-order valence-corrected chi connectivity index (χ3v) is 0.111. The average molecular weight is 46.3 g/mol. The summed E-state index contributed by atoms with van der Waals surface area (Å²) in [6, 6.07) is 0. The Morgan fingerprint density at radius 2 is 2.50 bits per heavy atom. The zero-order valence-electron chi connectivity index (χ0n) is 3.31. The first-order valence-corrected chi connectivity index (χ1v) is 1.00. The van der Waals surface area contributed by atoms with Crippen molar-refractivity contribution in [3.05, 3.63) is 0 Å². The molecule has 0 amide bonds. The van der Waals surface area contributed by atoms with Crippen LogP contribution in [0.2, 0.25) is 0 Å². The predicted molar refractivity (Wildman–Crippen MR) is 24.4 cm³/mol. The maximum absolute atomic E-state index is 6.42. The second-order valence-electron chi connectivity index (χ2n) is 0.385. The van der Waals surface area contributed by atoms with Crippen molar-refractivity contribution in [3.8, 4) is 0 Å². The summed E-state index contributed by atoms with van der Waals surface area (Å²) >= 11 is 0. The van der Waals surface area contributed by atoms with E-state index in [1.165, 1.54) is 0 Å². The van der Waals surface area contributed by atoms with Gasteiger partial charge in [0.25, 0.3) is 0 Å². The quantitative estimate of drug-likeness (QED) is 0.306. The molecule has 0 saturated carbocycles. The highest BCUT2D eigenvalue weighted by molar-refractivity contribution is 7.37. The molecule has 0 spiro atoms. The fourth-order valence-corrected chi connectivity index (χ4v) is 0. The lowest BCUT2D eigenvalue weighted by atomic mass is 9.19. The first kappa shape index (κ1) is 2.49. The summed E-state index contributed by atoms with van der Waals surface area (Å²) in [6.45, 7) is 0. The molecule has 0 bridgehead atoms. The van der Waals surface area contributed by atoms with Crippen molar-refractivity contribution >= 4 is 29.6 Å². The van der Waals surface area contributed by atoms with Gasteiger partial charge < -0.3 is 0 Å². The summed E-state index contributed by atoms with van der Waals surface area (Å²) < 4.78 is 6.42. The van der Waals surface area contributed by atoms with Gasteiger partial charge in [-0.2, -0.15) is 0 Å². The first-order valence-electron chi connectivity index (χ1n) is 1.58. The van der Waals surface area contributed by atoms with E-state index in [4.69, 9.17) is 16.8 Å². The molecule has 0 heterocycles. The second-order valence-corrected chi connectivity index (χ2v) is 0.385. The van der Waals surface area contributed by atoms with E-state index < -0.39 is 7.02 Å². The molecule has 0 aliphatic heterocycles. The summed E-state index contributed by atoms with van der Waals surface area (Å²) in [6.07, 6.45) is 0. The Bertz CT molecular complexity index is 17.6. The highest BCUT2D eigenvalue weighted by Crippen LogP contribution is 1.24. The molecule has 0 atom stereocenters. The van der Waals surface area contributed by atoms with E-state index in [1.54, 1.807) is 0 Å². The van der Waals surface area contributed by atoms with Crippen LogP contribution >= 0.6 is 0 Å². The van der Waals surface area contributed by atoms with Crippen LogP contribution in [0.4, 0.5) is 0 Å². The Hall–Kier alpha value is 0.260. The molecule has 4 heavy (non-hydrogen) atoms. The average Bonchev–Trinajstić information content (AvgIpc) is 1.38. The fourth-order valence-electron chi connectivity index (χ4n) is 0. The molecule has 0 aliphatic rings. The summed E-state index contributed by atoms with van der Waals surface area (Å²) in [7, 11) is 9.91. The maximum atomic E-state index is 6.42. The van der Waals surface area contributed by atoms with E-state index in [0.717, 1.165) is 7.06 Å². The van der Waals surface area contributed by atoms with Crippen molar-refractivity contribution in [2.45, 2.75) is 0 Å².